The summed E-state index contributed by atoms with van der Waals surface area (Å²) in [7, 11) is 0. The average molecular weight is 1550 g/mol. The number of carbonyl (C=O) groups is 14. The van der Waals surface area contributed by atoms with Gasteiger partial charge in [0.25, 0.3) is 0 Å². The summed E-state index contributed by atoms with van der Waals surface area (Å²) in [6.45, 7) is 21.4. The highest BCUT2D eigenvalue weighted by Crippen LogP contribution is 2.26. The van der Waals surface area contributed by atoms with Gasteiger partial charge >= 0.3 is 24.3 Å². The zero-order valence-electron chi connectivity index (χ0n) is 61.9. The maximum atomic E-state index is 15.5. The Hall–Kier alpha value is -9.55. The van der Waals surface area contributed by atoms with E-state index in [-0.39, 0.29) is 62.5 Å². The Morgan fingerprint density at radius 2 is 1.01 bits per heavy atom. The molecule has 1 fully saturated rings. The Morgan fingerprint density at radius 3 is 1.46 bits per heavy atom. The number of nitrogens with zero attached hydrogens (tertiary/aromatic N) is 1. The topological polar surface area (TPSA) is 609 Å². The number of carboxylic acid groups (broad SMARTS) is 2. The minimum atomic E-state index is -5.08. The number of amides is 12. The molecule has 1 heterocycles. The molecule has 0 spiro atoms. The van der Waals surface area contributed by atoms with Gasteiger partial charge in [-0.3, -0.25) is 62.5 Å². The van der Waals surface area contributed by atoms with E-state index in [1.165, 1.54) is 38.1 Å². The van der Waals surface area contributed by atoms with Crippen LogP contribution in [0.1, 0.15) is 147 Å². The maximum Gasteiger partial charge on any atom is 0.490 e. The molecule has 0 aromatic heterocycles. The van der Waals surface area contributed by atoms with Gasteiger partial charge in [0, 0.05) is 6.54 Å². The minimum absolute atomic E-state index is 0.0340. The number of aliphatic hydroxyl groups excluding tert-OH is 4. The molecule has 36 nitrogen and oxygen atoms in total. The number of halogens is 6. The molecule has 0 radical (unpaired) electrons. The van der Waals surface area contributed by atoms with E-state index in [2.05, 4.69) is 63.5 Å². The van der Waals surface area contributed by atoms with Crippen molar-refractivity contribution in [3.05, 3.63) is 35.9 Å². The quantitative estimate of drug-likeness (QED) is 0.0247. The van der Waals surface area contributed by atoms with Gasteiger partial charge in [-0.15, -0.1) is 0 Å². The first kappa shape index (κ1) is 97.4. The lowest BCUT2D eigenvalue weighted by atomic mass is 9.86. The molecule has 2 rings (SSSR count). The lowest BCUT2D eigenvalue weighted by Gasteiger charge is -2.35. The Morgan fingerprint density at radius 1 is 0.570 bits per heavy atom. The van der Waals surface area contributed by atoms with Crippen LogP contribution >= 0.6 is 0 Å². The lowest BCUT2D eigenvalue weighted by Crippen LogP contribution is -2.65. The normalized spacial score (nSPS) is 23.5. The standard InChI is InChI=1S/C61H104N16O16.2C2HF3O2/c1-15-30(6)39-54(89)73-40(32(8)79)55(90)67-31(7)48(83)76-44(46(81)47(63)82)58(93)71-38(27-78)53(88)74-41(33-20-17-16-18-21-33)42(75-52(87)37(26-61(12,13)14)70-49(84)34(62)25-60(9,10)11)56(91)77-43(45(80)29(4)5)57(92)69-36(24-28(2)3)51(86)68-35(50(85)72-39)22-19-23-66-59(64)65;2*3-2(4,5)1(6)7/h16-18,20-21,28-32,34-46,78-81H,15,19,22-27,62H2,1-14H3,(H2,63,82)(H,67,90)(H,68,86)(H,69,92)(H,70,84)(H,71,93)(H,72,85)(H,73,89)(H,74,88)(H,75,87)(H,76,83)(H,77,91)(H4,64,65,66);2*(H,6,7)/t30-,31+,32-,34+,35+,36-,37-,38-,39-,40-,41+,42-,43-,44-,45+,46-;;/m0../s1. The molecule has 0 unspecified atom stereocenters. The van der Waals surface area contributed by atoms with Gasteiger partial charge in [0.05, 0.1) is 30.9 Å². The van der Waals surface area contributed by atoms with E-state index in [1.54, 1.807) is 54.5 Å². The highest BCUT2D eigenvalue weighted by molar-refractivity contribution is 6.01. The molecule has 0 bridgehead atoms. The van der Waals surface area contributed by atoms with E-state index in [1.807, 2.05) is 20.8 Å². The SMILES string of the molecule is CC[C@H](C)[C@@H]1NC(=O)[C@@H](CCCN=C(N)N)NC(=O)[C@H](CC(C)C)NC(=O)[C@H]([C@H](O)C(C)C)NC(=O)[C@@H](NC(=O)[C@H](CC(C)(C)C)NC(=O)[C@H](N)CC(C)(C)C)[C@@H](c2ccccc2)NC(=O)[C@H](CO)NC(=O)[C@H]([C@H](O)C(N)=O)NC(=O)[C@@H](C)NC(=O)[C@H]([C@H](C)O)NC1=O.O=C(O)C(F)(F)F.O=C(O)C(F)(F)F. The predicted octanol–water partition coefficient (Wildman–Crippen LogP) is -3.43. The van der Waals surface area contributed by atoms with Crippen molar-refractivity contribution in [2.24, 2.45) is 56.5 Å². The highest BCUT2D eigenvalue weighted by atomic mass is 19.4. The van der Waals surface area contributed by atoms with Crippen molar-refractivity contribution < 1.29 is 124 Å². The number of nitrogens with two attached hydrogens (primary N) is 4. The number of nitrogens with one attached hydrogen (secondary N) is 11. The fourth-order valence-corrected chi connectivity index (χ4v) is 9.78. The molecule has 1 aromatic carbocycles. The third-order valence-corrected chi connectivity index (χ3v) is 15.6. The summed E-state index contributed by atoms with van der Waals surface area (Å²) in [5, 5.41) is 85.8. The van der Waals surface area contributed by atoms with Crippen molar-refractivity contribution in [2.45, 2.75) is 239 Å². The molecule has 107 heavy (non-hydrogen) atoms. The fraction of sp³-hybridized carbons (Fsp3) is 0.677. The van der Waals surface area contributed by atoms with Crippen LogP contribution in [0.25, 0.3) is 0 Å². The van der Waals surface area contributed by atoms with Gasteiger partial charge in [-0.1, -0.05) is 120 Å². The first-order valence-corrected chi connectivity index (χ1v) is 33.7. The van der Waals surface area contributed by atoms with E-state index in [0.29, 0.717) is 0 Å². The van der Waals surface area contributed by atoms with Crippen molar-refractivity contribution in [3.63, 3.8) is 0 Å². The summed E-state index contributed by atoms with van der Waals surface area (Å²) < 4.78 is 63.5. The second kappa shape index (κ2) is 43.9. The fourth-order valence-electron chi connectivity index (χ4n) is 9.78. The summed E-state index contributed by atoms with van der Waals surface area (Å²) in [6, 6.07) is -13.9. The molecule has 25 N–H and O–H groups in total. The molecule has 0 aliphatic carbocycles. The minimum Gasteiger partial charge on any atom is -0.475 e. The molecular weight excluding hydrogens is 1440 g/mol. The van der Waals surface area contributed by atoms with Crippen LogP contribution in [-0.2, 0) is 67.1 Å². The first-order valence-electron chi connectivity index (χ1n) is 33.7. The number of guanidine groups is 1. The largest absolute Gasteiger partial charge is 0.490 e. The number of rotatable bonds is 21. The van der Waals surface area contributed by atoms with Gasteiger partial charge < -0.3 is 112 Å². The second-order valence-corrected chi connectivity index (χ2v) is 28.5. The summed E-state index contributed by atoms with van der Waals surface area (Å²) in [4.78, 5) is 194. The molecule has 1 aliphatic heterocycles. The number of aliphatic hydroxyl groups is 4. The van der Waals surface area contributed by atoms with Crippen LogP contribution in [0.15, 0.2) is 35.3 Å². The van der Waals surface area contributed by atoms with Crippen LogP contribution in [0.4, 0.5) is 26.3 Å². The summed E-state index contributed by atoms with van der Waals surface area (Å²) >= 11 is 0. The zero-order valence-corrected chi connectivity index (χ0v) is 61.9. The molecule has 1 aromatic rings. The molecule has 1 aliphatic rings. The van der Waals surface area contributed by atoms with Gasteiger partial charge in [-0.05, 0) is 80.1 Å². The molecular formula is C65H106F6N16O20. The van der Waals surface area contributed by atoms with Crippen molar-refractivity contribution in [2.75, 3.05) is 13.2 Å². The number of aliphatic carboxylic acids is 2. The first-order chi connectivity index (χ1) is 48.9. The Kier molecular flexibility index (Phi) is 40.0. The number of alkyl halides is 6. The smallest absolute Gasteiger partial charge is 0.475 e. The van der Waals surface area contributed by atoms with Crippen LogP contribution < -0.4 is 81.4 Å². The van der Waals surface area contributed by atoms with Crippen LogP contribution in [0.3, 0.4) is 0 Å². The summed E-state index contributed by atoms with van der Waals surface area (Å²) in [6.07, 6.45) is -16.2. The highest BCUT2D eigenvalue weighted by Gasteiger charge is 2.45. The van der Waals surface area contributed by atoms with Crippen LogP contribution in [-0.4, -0.2) is 230 Å². The number of hydrogen-bond donors (Lipinski definition) is 21. The van der Waals surface area contributed by atoms with E-state index < -0.39 is 215 Å². The molecule has 608 valence electrons. The molecule has 16 atom stereocenters. The number of primary amides is 1. The number of hydrogen-bond acceptors (Lipinski definition) is 20. The van der Waals surface area contributed by atoms with Crippen LogP contribution in [0.2, 0.25) is 0 Å². The van der Waals surface area contributed by atoms with E-state index in [0.717, 1.165) is 13.8 Å². The molecule has 12 amide bonds. The van der Waals surface area contributed by atoms with Gasteiger partial charge in [-0.2, -0.15) is 26.3 Å². The monoisotopic (exact) mass is 1540 g/mol. The Balaban J connectivity index is 0.00000724. The molecule has 0 saturated carbocycles. The van der Waals surface area contributed by atoms with Crippen molar-refractivity contribution in [1.82, 2.24) is 58.5 Å². The van der Waals surface area contributed by atoms with Gasteiger partial charge in [-0.25, -0.2) is 9.59 Å². The zero-order chi connectivity index (χ0) is 83.3. The summed E-state index contributed by atoms with van der Waals surface area (Å²) in [5.74, 6) is -21.9. The van der Waals surface area contributed by atoms with Crippen molar-refractivity contribution >= 4 is 88.8 Å². The van der Waals surface area contributed by atoms with E-state index in [9.17, 15) is 94.7 Å². The van der Waals surface area contributed by atoms with Crippen LogP contribution in [0.5, 0.6) is 0 Å². The number of carboxylic acids is 2. The molecule has 42 heteroatoms. The third kappa shape index (κ3) is 35.6. The van der Waals surface area contributed by atoms with Gasteiger partial charge in [0.2, 0.25) is 70.9 Å². The van der Waals surface area contributed by atoms with Crippen molar-refractivity contribution in [3.8, 4) is 0 Å². The number of carbonyl (C=O) groups excluding carboxylic acids is 12. The predicted molar refractivity (Wildman–Crippen MR) is 369 cm³/mol. The van der Waals surface area contributed by atoms with E-state index in [4.69, 9.17) is 42.7 Å². The Labute approximate surface area is 613 Å². The second-order valence-electron chi connectivity index (χ2n) is 28.5. The molecule has 1 saturated heterocycles. The third-order valence-electron chi connectivity index (χ3n) is 15.6. The lowest BCUT2D eigenvalue weighted by molar-refractivity contribution is -0.193. The number of aliphatic imine (C=N–C) groups is 1. The maximum absolute atomic E-state index is 15.5. The number of benzene rings is 1. The Bertz CT molecular complexity index is 3200. The van der Waals surface area contributed by atoms with E-state index >= 15 is 9.59 Å². The van der Waals surface area contributed by atoms with Crippen LogP contribution in [0, 0.1) is 28.6 Å². The van der Waals surface area contributed by atoms with Crippen molar-refractivity contribution in [1.29, 1.82) is 0 Å². The average Bonchev–Trinajstić information content (AvgIpc) is 0.812. The summed E-state index contributed by atoms with van der Waals surface area (Å²) in [5.41, 5.74) is 21.7. The van der Waals surface area contributed by atoms with Gasteiger partial charge in [0.1, 0.15) is 60.4 Å². The van der Waals surface area contributed by atoms with Gasteiger partial charge in [0.15, 0.2) is 12.1 Å².